The third kappa shape index (κ3) is 4.34. The summed E-state index contributed by atoms with van der Waals surface area (Å²) in [5.41, 5.74) is 2.87. The minimum absolute atomic E-state index is 0.223. The van der Waals surface area contributed by atoms with Crippen LogP contribution in [0.2, 0.25) is 0 Å². The maximum absolute atomic E-state index is 14.2. The van der Waals surface area contributed by atoms with E-state index in [0.29, 0.717) is 25.9 Å². The van der Waals surface area contributed by atoms with Gasteiger partial charge in [-0.15, -0.1) is 0 Å². The van der Waals surface area contributed by atoms with Gasteiger partial charge in [0.25, 0.3) is 0 Å². The summed E-state index contributed by atoms with van der Waals surface area (Å²) in [5.74, 6) is 0.223. The molecule has 0 spiro atoms. The molecule has 0 fully saturated rings. The second-order valence-electron chi connectivity index (χ2n) is 6.53. The molecule has 4 heteroatoms. The molecule has 0 saturated heterocycles. The molecule has 0 aromatic heterocycles. The molecule has 1 aliphatic rings. The van der Waals surface area contributed by atoms with Gasteiger partial charge in [0.15, 0.2) is 0 Å². The van der Waals surface area contributed by atoms with E-state index in [1.54, 1.807) is 18.2 Å². The second-order valence-corrected chi connectivity index (χ2v) is 6.53. The molecule has 128 valence electrons. The number of β-amino-alcohol motifs (C(OH)–C–C–N with tert-alkyl or cyclic N) is 1. The maximum atomic E-state index is 14.2. The average Bonchev–Trinajstić information content (AvgIpc) is 2.72. The molecule has 3 rings (SSSR count). The lowest BCUT2D eigenvalue weighted by molar-refractivity contribution is 0.113. The molecule has 0 amide bonds. The lowest BCUT2D eigenvalue weighted by Gasteiger charge is -2.22. The fourth-order valence-electron chi connectivity index (χ4n) is 3.34. The average molecular weight is 329 g/mol. The fourth-order valence-corrected chi connectivity index (χ4v) is 3.34. The summed E-state index contributed by atoms with van der Waals surface area (Å²) in [5, 5.41) is 20.0. The highest BCUT2D eigenvalue weighted by molar-refractivity contribution is 5.37. The van der Waals surface area contributed by atoms with Crippen LogP contribution < -0.4 is 0 Å². The van der Waals surface area contributed by atoms with Crippen molar-refractivity contribution in [1.29, 1.82) is 0 Å². The largest absolute Gasteiger partial charge is 0.508 e. The first-order valence-corrected chi connectivity index (χ1v) is 8.52. The van der Waals surface area contributed by atoms with E-state index in [-0.39, 0.29) is 5.75 Å². The summed E-state index contributed by atoms with van der Waals surface area (Å²) in [6.07, 6.45) is 0.194. The molecule has 2 unspecified atom stereocenters. The molecule has 2 N–H and O–H groups in total. The Morgan fingerprint density at radius 2 is 1.96 bits per heavy atom. The van der Waals surface area contributed by atoms with Gasteiger partial charge in [-0.1, -0.05) is 36.4 Å². The lowest BCUT2D eigenvalue weighted by Crippen LogP contribution is -2.31. The van der Waals surface area contributed by atoms with Crippen molar-refractivity contribution < 1.29 is 14.6 Å². The number of halogens is 1. The van der Waals surface area contributed by atoms with E-state index in [2.05, 4.69) is 4.90 Å². The number of aliphatic hydroxyl groups excluding tert-OH is 1. The van der Waals surface area contributed by atoms with Gasteiger partial charge in [0.05, 0.1) is 6.10 Å². The van der Waals surface area contributed by atoms with E-state index in [4.69, 9.17) is 0 Å². The van der Waals surface area contributed by atoms with Crippen LogP contribution in [0, 0.1) is 0 Å². The topological polar surface area (TPSA) is 43.7 Å². The monoisotopic (exact) mass is 329 g/mol. The van der Waals surface area contributed by atoms with Crippen molar-refractivity contribution in [1.82, 2.24) is 4.90 Å². The SMILES string of the molecule is Oc1ccc2c(c1)CCN(CCC(F)Cc1ccccc1)CC2O. The zero-order valence-electron chi connectivity index (χ0n) is 13.7. The van der Waals surface area contributed by atoms with Gasteiger partial charge in [-0.3, -0.25) is 4.90 Å². The smallest absolute Gasteiger partial charge is 0.115 e. The van der Waals surface area contributed by atoms with Crippen LogP contribution in [0.15, 0.2) is 48.5 Å². The first-order chi connectivity index (χ1) is 11.6. The van der Waals surface area contributed by atoms with E-state index in [1.807, 2.05) is 30.3 Å². The highest BCUT2D eigenvalue weighted by Gasteiger charge is 2.22. The van der Waals surface area contributed by atoms with Crippen molar-refractivity contribution in [2.45, 2.75) is 31.5 Å². The van der Waals surface area contributed by atoms with Gasteiger partial charge in [-0.25, -0.2) is 4.39 Å². The number of nitrogens with zero attached hydrogens (tertiary/aromatic N) is 1. The third-order valence-corrected chi connectivity index (χ3v) is 4.67. The number of phenolic OH excluding ortho intramolecular Hbond substituents is 1. The number of phenols is 1. The van der Waals surface area contributed by atoms with Crippen molar-refractivity contribution in [2.75, 3.05) is 19.6 Å². The van der Waals surface area contributed by atoms with Crippen LogP contribution in [-0.4, -0.2) is 40.9 Å². The molecular formula is C20H24FNO2. The Balaban J connectivity index is 1.53. The van der Waals surface area contributed by atoms with E-state index in [0.717, 1.165) is 29.7 Å². The number of hydrogen-bond acceptors (Lipinski definition) is 3. The van der Waals surface area contributed by atoms with Crippen LogP contribution in [0.1, 0.15) is 29.2 Å². The molecule has 2 atom stereocenters. The van der Waals surface area contributed by atoms with Crippen LogP contribution in [0.25, 0.3) is 0 Å². The van der Waals surface area contributed by atoms with E-state index < -0.39 is 12.3 Å². The Kier molecular flexibility index (Phi) is 5.48. The first-order valence-electron chi connectivity index (χ1n) is 8.52. The van der Waals surface area contributed by atoms with Gasteiger partial charge >= 0.3 is 0 Å². The number of benzene rings is 2. The standard InChI is InChI=1S/C20H24FNO2/c21-17(12-15-4-2-1-3-5-15)9-11-22-10-8-16-13-18(23)6-7-19(16)20(24)14-22/h1-7,13,17,20,23-24H,8-12,14H2. The zero-order valence-corrected chi connectivity index (χ0v) is 13.7. The molecule has 2 aromatic rings. The Labute approximate surface area is 142 Å². The van der Waals surface area contributed by atoms with Gasteiger partial charge in [-0.2, -0.15) is 0 Å². The van der Waals surface area contributed by atoms with Gasteiger partial charge in [0.2, 0.25) is 0 Å². The molecule has 0 aliphatic carbocycles. The Morgan fingerprint density at radius 1 is 1.17 bits per heavy atom. The van der Waals surface area contributed by atoms with E-state index in [9.17, 15) is 14.6 Å². The first kappa shape index (κ1) is 16.9. The number of rotatable bonds is 5. The van der Waals surface area contributed by atoms with E-state index >= 15 is 0 Å². The summed E-state index contributed by atoms with van der Waals surface area (Å²) in [6, 6.07) is 14.8. The summed E-state index contributed by atoms with van der Waals surface area (Å²) < 4.78 is 14.2. The van der Waals surface area contributed by atoms with Crippen molar-refractivity contribution in [3.8, 4) is 5.75 Å². The molecule has 24 heavy (non-hydrogen) atoms. The van der Waals surface area contributed by atoms with Crippen LogP contribution in [0.5, 0.6) is 5.75 Å². The molecule has 0 saturated carbocycles. The molecule has 0 radical (unpaired) electrons. The number of hydrogen-bond donors (Lipinski definition) is 2. The highest BCUT2D eigenvalue weighted by atomic mass is 19.1. The quantitative estimate of drug-likeness (QED) is 0.885. The number of alkyl halides is 1. The van der Waals surface area contributed by atoms with Crippen molar-refractivity contribution >= 4 is 0 Å². The van der Waals surface area contributed by atoms with Crippen molar-refractivity contribution in [2.24, 2.45) is 0 Å². The number of aliphatic hydroxyl groups is 1. The van der Waals surface area contributed by atoms with Crippen molar-refractivity contribution in [3.05, 3.63) is 65.2 Å². The summed E-state index contributed by atoms with van der Waals surface area (Å²) in [6.45, 7) is 1.91. The molecule has 0 bridgehead atoms. The number of aromatic hydroxyl groups is 1. The highest BCUT2D eigenvalue weighted by Crippen LogP contribution is 2.27. The molecule has 1 heterocycles. The third-order valence-electron chi connectivity index (χ3n) is 4.67. The maximum Gasteiger partial charge on any atom is 0.115 e. The van der Waals surface area contributed by atoms with Gasteiger partial charge in [0, 0.05) is 26.1 Å². The fraction of sp³-hybridized carbons (Fsp3) is 0.400. The Morgan fingerprint density at radius 3 is 2.75 bits per heavy atom. The summed E-state index contributed by atoms with van der Waals surface area (Å²) in [7, 11) is 0. The van der Waals surface area contributed by atoms with Gasteiger partial charge in [0.1, 0.15) is 11.9 Å². The predicted molar refractivity (Wildman–Crippen MR) is 92.9 cm³/mol. The van der Waals surface area contributed by atoms with Crippen LogP contribution in [0.3, 0.4) is 0 Å². The summed E-state index contributed by atoms with van der Waals surface area (Å²) >= 11 is 0. The van der Waals surface area contributed by atoms with Crippen LogP contribution in [0.4, 0.5) is 4.39 Å². The Bertz CT molecular complexity index is 662. The normalized spacial score (nSPS) is 19.5. The van der Waals surface area contributed by atoms with Gasteiger partial charge < -0.3 is 10.2 Å². The Hall–Kier alpha value is -1.91. The summed E-state index contributed by atoms with van der Waals surface area (Å²) in [4.78, 5) is 2.11. The minimum atomic E-state index is -0.876. The zero-order chi connectivity index (χ0) is 16.9. The molecule has 2 aromatic carbocycles. The van der Waals surface area contributed by atoms with E-state index in [1.165, 1.54) is 0 Å². The van der Waals surface area contributed by atoms with Gasteiger partial charge in [-0.05, 0) is 41.7 Å². The molecule has 1 aliphatic heterocycles. The van der Waals surface area contributed by atoms with Crippen LogP contribution >= 0.6 is 0 Å². The van der Waals surface area contributed by atoms with Crippen molar-refractivity contribution in [3.63, 3.8) is 0 Å². The minimum Gasteiger partial charge on any atom is -0.508 e. The second kappa shape index (κ2) is 7.77. The van der Waals surface area contributed by atoms with Crippen LogP contribution in [-0.2, 0) is 12.8 Å². The predicted octanol–water partition coefficient (Wildman–Crippen LogP) is 3.25. The molecule has 3 nitrogen and oxygen atoms in total. The lowest BCUT2D eigenvalue weighted by atomic mass is 10.0. The number of fused-ring (bicyclic) bond motifs is 1. The molecular weight excluding hydrogens is 305 g/mol.